The number of aromatic hydroxyl groups is 1. The van der Waals surface area contributed by atoms with Crippen molar-refractivity contribution in [1.82, 2.24) is 20.1 Å². The number of benzene rings is 1. The first kappa shape index (κ1) is 17.5. The van der Waals surface area contributed by atoms with Crippen LogP contribution in [0.25, 0.3) is 22.0 Å². The molecule has 0 bridgehead atoms. The maximum absolute atomic E-state index is 10.4. The Hall–Kier alpha value is -2.93. The highest BCUT2D eigenvalue weighted by atomic mass is 16.5. The third kappa shape index (κ3) is 3.50. The van der Waals surface area contributed by atoms with Crippen LogP contribution in [-0.4, -0.2) is 58.5 Å². The summed E-state index contributed by atoms with van der Waals surface area (Å²) in [6, 6.07) is 7.41. The predicted molar refractivity (Wildman–Crippen MR) is 105 cm³/mol. The number of phenols is 1. The Labute approximate surface area is 158 Å². The van der Waals surface area contributed by atoms with E-state index >= 15 is 0 Å². The van der Waals surface area contributed by atoms with Gasteiger partial charge in [0.25, 0.3) is 0 Å². The first-order valence-corrected chi connectivity index (χ1v) is 9.08. The fraction of sp³-hybridized carbons (Fsp3) is 0.350. The molecule has 7 heteroatoms. The van der Waals surface area contributed by atoms with E-state index in [9.17, 15) is 5.11 Å². The number of aromatic nitrogens is 3. The Morgan fingerprint density at radius 2 is 2.11 bits per heavy atom. The second-order valence-electron chi connectivity index (χ2n) is 6.95. The zero-order valence-electron chi connectivity index (χ0n) is 15.5. The molecule has 0 aliphatic carbocycles. The van der Waals surface area contributed by atoms with E-state index in [1.54, 1.807) is 37.7 Å². The summed E-state index contributed by atoms with van der Waals surface area (Å²) < 4.78 is 5.17. The number of pyridine rings is 1. The molecule has 1 fully saturated rings. The molecule has 3 heterocycles. The molecule has 1 aliphatic heterocycles. The molecule has 0 unspecified atom stereocenters. The SMILES string of the molecule is COc1ccc(-c2nnc(N[C@@H]3CCCN(C)C3)c3cnccc23)c(O)c1. The van der Waals surface area contributed by atoms with Gasteiger partial charge in [0.05, 0.1) is 7.11 Å². The van der Waals surface area contributed by atoms with Crippen molar-refractivity contribution >= 4 is 16.6 Å². The van der Waals surface area contributed by atoms with Crippen LogP contribution in [0.1, 0.15) is 12.8 Å². The van der Waals surface area contributed by atoms with E-state index < -0.39 is 0 Å². The lowest BCUT2D eigenvalue weighted by Gasteiger charge is -2.30. The molecule has 2 N–H and O–H groups in total. The Balaban J connectivity index is 1.74. The lowest BCUT2D eigenvalue weighted by molar-refractivity contribution is 0.261. The van der Waals surface area contributed by atoms with E-state index in [4.69, 9.17) is 4.74 Å². The fourth-order valence-corrected chi connectivity index (χ4v) is 3.62. The second kappa shape index (κ2) is 7.36. The number of fused-ring (bicyclic) bond motifs is 1. The summed E-state index contributed by atoms with van der Waals surface area (Å²) in [5.74, 6) is 1.43. The van der Waals surface area contributed by atoms with Crippen LogP contribution in [0.15, 0.2) is 36.7 Å². The molecule has 0 saturated carbocycles. The van der Waals surface area contributed by atoms with Crippen LogP contribution in [0.5, 0.6) is 11.5 Å². The molecular weight excluding hydrogens is 342 g/mol. The Kier molecular flexibility index (Phi) is 4.77. The molecule has 4 rings (SSSR count). The van der Waals surface area contributed by atoms with Gasteiger partial charge in [0.15, 0.2) is 5.82 Å². The van der Waals surface area contributed by atoms with Gasteiger partial charge < -0.3 is 20.1 Å². The van der Waals surface area contributed by atoms with Gasteiger partial charge in [-0.3, -0.25) is 4.98 Å². The first-order chi connectivity index (χ1) is 13.2. The number of phenolic OH excluding ortho intramolecular Hbond substituents is 1. The van der Waals surface area contributed by atoms with Crippen molar-refractivity contribution in [2.45, 2.75) is 18.9 Å². The summed E-state index contributed by atoms with van der Waals surface area (Å²) in [5.41, 5.74) is 1.24. The highest BCUT2D eigenvalue weighted by Crippen LogP contribution is 2.36. The lowest BCUT2D eigenvalue weighted by atomic mass is 10.0. The zero-order valence-corrected chi connectivity index (χ0v) is 15.5. The Bertz CT molecular complexity index is 962. The molecule has 1 aliphatic rings. The minimum atomic E-state index is 0.108. The van der Waals surface area contributed by atoms with Gasteiger partial charge in [0.1, 0.15) is 17.2 Å². The molecular formula is C20H23N5O2. The quantitative estimate of drug-likeness (QED) is 0.735. The van der Waals surface area contributed by atoms with Crippen LogP contribution in [0.2, 0.25) is 0 Å². The van der Waals surface area contributed by atoms with Gasteiger partial charge in [-0.2, -0.15) is 0 Å². The van der Waals surface area contributed by atoms with Crippen molar-refractivity contribution in [2.24, 2.45) is 0 Å². The average Bonchev–Trinajstić information content (AvgIpc) is 2.68. The number of piperidine rings is 1. The molecule has 7 nitrogen and oxygen atoms in total. The normalized spacial score (nSPS) is 17.8. The van der Waals surface area contributed by atoms with Gasteiger partial charge in [-0.25, -0.2) is 0 Å². The van der Waals surface area contributed by atoms with Gasteiger partial charge in [0.2, 0.25) is 0 Å². The third-order valence-electron chi connectivity index (χ3n) is 5.01. The van der Waals surface area contributed by atoms with Gasteiger partial charge in [-0.1, -0.05) is 0 Å². The highest BCUT2D eigenvalue weighted by molar-refractivity contribution is 6.00. The van der Waals surface area contributed by atoms with E-state index in [0.29, 0.717) is 23.0 Å². The fourth-order valence-electron chi connectivity index (χ4n) is 3.62. The molecule has 2 aromatic heterocycles. The summed E-state index contributed by atoms with van der Waals surface area (Å²) in [5, 5.41) is 24.6. The van der Waals surface area contributed by atoms with E-state index in [1.807, 2.05) is 6.07 Å². The highest BCUT2D eigenvalue weighted by Gasteiger charge is 2.20. The Morgan fingerprint density at radius 1 is 1.22 bits per heavy atom. The van der Waals surface area contributed by atoms with Crippen LogP contribution < -0.4 is 10.1 Å². The van der Waals surface area contributed by atoms with Crippen molar-refractivity contribution < 1.29 is 9.84 Å². The molecule has 1 aromatic carbocycles. The molecule has 1 saturated heterocycles. The lowest BCUT2D eigenvalue weighted by Crippen LogP contribution is -2.40. The number of methoxy groups -OCH3 is 1. The van der Waals surface area contributed by atoms with Crippen LogP contribution >= 0.6 is 0 Å². The van der Waals surface area contributed by atoms with Gasteiger partial charge in [-0.05, 0) is 44.6 Å². The molecule has 0 spiro atoms. The van der Waals surface area contributed by atoms with Crippen molar-refractivity contribution in [3.05, 3.63) is 36.7 Å². The van der Waals surface area contributed by atoms with Crippen LogP contribution in [0.3, 0.4) is 0 Å². The number of hydrogen-bond acceptors (Lipinski definition) is 7. The molecule has 1 atom stereocenters. The standard InChI is InChI=1S/C20H23N5O2/c1-25-9-3-4-13(12-25)22-20-17-11-21-8-7-15(17)19(23-24-20)16-6-5-14(27-2)10-18(16)26/h5-8,10-11,13,26H,3-4,9,12H2,1-2H3,(H,22,24)/t13-/m1/s1. The zero-order chi connectivity index (χ0) is 18.8. The number of ether oxygens (including phenoxy) is 1. The summed E-state index contributed by atoms with van der Waals surface area (Å²) in [6.07, 6.45) is 5.79. The summed E-state index contributed by atoms with van der Waals surface area (Å²) in [4.78, 5) is 6.58. The largest absolute Gasteiger partial charge is 0.507 e. The monoisotopic (exact) mass is 365 g/mol. The van der Waals surface area contributed by atoms with Gasteiger partial charge >= 0.3 is 0 Å². The molecule has 140 valence electrons. The van der Waals surface area contributed by atoms with Crippen molar-refractivity contribution in [2.75, 3.05) is 32.6 Å². The maximum Gasteiger partial charge on any atom is 0.158 e. The smallest absolute Gasteiger partial charge is 0.158 e. The minimum Gasteiger partial charge on any atom is -0.507 e. The molecule has 0 amide bonds. The van der Waals surface area contributed by atoms with E-state index in [0.717, 1.165) is 42.5 Å². The summed E-state index contributed by atoms with van der Waals surface area (Å²) >= 11 is 0. The number of anilines is 1. The summed E-state index contributed by atoms with van der Waals surface area (Å²) in [7, 11) is 3.70. The van der Waals surface area contributed by atoms with Crippen LogP contribution in [0.4, 0.5) is 5.82 Å². The third-order valence-corrected chi connectivity index (χ3v) is 5.01. The summed E-state index contributed by atoms with van der Waals surface area (Å²) in [6.45, 7) is 2.10. The topological polar surface area (TPSA) is 83.4 Å². The van der Waals surface area contributed by atoms with Crippen molar-refractivity contribution in [1.29, 1.82) is 0 Å². The number of likely N-dealkylation sites (N-methyl/N-ethyl adjacent to an activating group) is 1. The van der Waals surface area contributed by atoms with Crippen molar-refractivity contribution in [3.63, 3.8) is 0 Å². The first-order valence-electron chi connectivity index (χ1n) is 9.08. The van der Waals surface area contributed by atoms with Crippen LogP contribution in [0, 0.1) is 0 Å². The predicted octanol–water partition coefficient (Wildman–Crippen LogP) is 2.91. The van der Waals surface area contributed by atoms with Crippen LogP contribution in [-0.2, 0) is 0 Å². The molecule has 0 radical (unpaired) electrons. The maximum atomic E-state index is 10.4. The molecule has 27 heavy (non-hydrogen) atoms. The number of rotatable bonds is 4. The van der Waals surface area contributed by atoms with E-state index in [2.05, 4.69) is 32.4 Å². The number of nitrogens with zero attached hydrogens (tertiary/aromatic N) is 4. The minimum absolute atomic E-state index is 0.108. The second-order valence-corrected chi connectivity index (χ2v) is 6.95. The van der Waals surface area contributed by atoms with E-state index in [-0.39, 0.29) is 5.75 Å². The number of nitrogens with one attached hydrogen (secondary N) is 1. The Morgan fingerprint density at radius 3 is 2.89 bits per heavy atom. The van der Waals surface area contributed by atoms with Gasteiger partial charge in [0, 0.05) is 47.4 Å². The van der Waals surface area contributed by atoms with Gasteiger partial charge in [-0.15, -0.1) is 10.2 Å². The number of likely N-dealkylation sites (tertiary alicyclic amines) is 1. The van der Waals surface area contributed by atoms with E-state index in [1.165, 1.54) is 0 Å². The molecule has 3 aromatic rings. The number of hydrogen-bond donors (Lipinski definition) is 2. The van der Waals surface area contributed by atoms with Crippen molar-refractivity contribution in [3.8, 4) is 22.8 Å². The average molecular weight is 365 g/mol.